The van der Waals surface area contributed by atoms with Gasteiger partial charge in [-0.15, -0.1) is 0 Å². The van der Waals surface area contributed by atoms with Crippen LogP contribution in [0.3, 0.4) is 0 Å². The first kappa shape index (κ1) is 22.8. The van der Waals surface area contributed by atoms with Crippen LogP contribution in [0.1, 0.15) is 36.0 Å². The Hall–Kier alpha value is -1.90. The highest BCUT2D eigenvalue weighted by atomic mass is 79.9. The lowest BCUT2D eigenvalue weighted by atomic mass is 10.2. The van der Waals surface area contributed by atoms with Crippen molar-refractivity contribution < 1.29 is 13.2 Å². The molecule has 0 radical (unpaired) electrons. The first-order valence-corrected chi connectivity index (χ1v) is 12.5. The molecule has 1 heterocycles. The summed E-state index contributed by atoms with van der Waals surface area (Å²) in [5, 5.41) is 2.90. The third kappa shape index (κ3) is 5.62. The second kappa shape index (κ2) is 10.4. The van der Waals surface area contributed by atoms with E-state index in [1.54, 1.807) is 12.1 Å². The van der Waals surface area contributed by atoms with E-state index >= 15 is 0 Å². The average Bonchev–Trinajstić information content (AvgIpc) is 2.77. The average molecular weight is 494 g/mol. The van der Waals surface area contributed by atoms with Crippen molar-refractivity contribution in [3.63, 3.8) is 0 Å². The van der Waals surface area contributed by atoms with Gasteiger partial charge in [-0.1, -0.05) is 24.6 Å². The Labute approximate surface area is 187 Å². The summed E-state index contributed by atoms with van der Waals surface area (Å²) >= 11 is 3.38. The molecule has 0 saturated carbocycles. The van der Waals surface area contributed by atoms with Gasteiger partial charge in [0.15, 0.2) is 0 Å². The molecule has 2 aromatic rings. The fourth-order valence-corrected chi connectivity index (χ4v) is 5.49. The smallest absolute Gasteiger partial charge is 0.252 e. The summed E-state index contributed by atoms with van der Waals surface area (Å²) < 4.78 is 27.9. The number of amides is 1. The number of carbonyl (C=O) groups is 1. The van der Waals surface area contributed by atoms with Gasteiger partial charge in [0.2, 0.25) is 10.0 Å². The molecule has 0 unspecified atom stereocenters. The maximum atomic E-state index is 12.9. The minimum absolute atomic E-state index is 0.168. The van der Waals surface area contributed by atoms with Crippen molar-refractivity contribution >= 4 is 37.5 Å². The van der Waals surface area contributed by atoms with E-state index in [1.807, 2.05) is 37.4 Å². The van der Waals surface area contributed by atoms with E-state index < -0.39 is 10.0 Å². The van der Waals surface area contributed by atoms with Crippen LogP contribution in [-0.2, 0) is 10.0 Å². The number of para-hydroxylation sites is 1. The molecule has 8 heteroatoms. The van der Waals surface area contributed by atoms with E-state index in [4.69, 9.17) is 0 Å². The first-order chi connectivity index (χ1) is 14.4. The Kier molecular flexibility index (Phi) is 7.91. The van der Waals surface area contributed by atoms with Gasteiger partial charge in [0, 0.05) is 43.4 Å². The van der Waals surface area contributed by atoms with Gasteiger partial charge in [-0.05, 0) is 65.5 Å². The Morgan fingerprint density at radius 2 is 1.80 bits per heavy atom. The zero-order valence-corrected chi connectivity index (χ0v) is 19.6. The molecule has 1 aliphatic rings. The normalized spacial score (nSPS) is 15.0. The van der Waals surface area contributed by atoms with E-state index in [0.29, 0.717) is 29.7 Å². The van der Waals surface area contributed by atoms with Gasteiger partial charge in [-0.25, -0.2) is 8.42 Å². The molecule has 162 valence electrons. The number of halogens is 1. The second-order valence-electron chi connectivity index (χ2n) is 7.47. The molecular formula is C22H28BrN3O3S. The summed E-state index contributed by atoms with van der Waals surface area (Å²) in [7, 11) is -1.56. The van der Waals surface area contributed by atoms with Crippen molar-refractivity contribution in [1.29, 1.82) is 0 Å². The SMILES string of the molecule is CN(CCCNC(=O)c1cc(S(=O)(=O)N2CCCCC2)ccc1Br)c1ccccc1. The molecule has 0 aromatic heterocycles. The van der Waals surface area contributed by atoms with Crippen molar-refractivity contribution in [3.05, 3.63) is 58.6 Å². The van der Waals surface area contributed by atoms with E-state index in [9.17, 15) is 13.2 Å². The zero-order chi connectivity index (χ0) is 21.6. The largest absolute Gasteiger partial charge is 0.375 e. The molecule has 6 nitrogen and oxygen atoms in total. The molecule has 30 heavy (non-hydrogen) atoms. The second-order valence-corrected chi connectivity index (χ2v) is 10.3. The Bertz CT molecular complexity index is 961. The Morgan fingerprint density at radius 3 is 2.50 bits per heavy atom. The lowest BCUT2D eigenvalue weighted by Crippen LogP contribution is -2.35. The van der Waals surface area contributed by atoms with Gasteiger partial charge in [0.05, 0.1) is 10.5 Å². The van der Waals surface area contributed by atoms with Crippen LogP contribution in [0, 0.1) is 0 Å². The first-order valence-electron chi connectivity index (χ1n) is 10.2. The summed E-state index contributed by atoms with van der Waals surface area (Å²) in [6, 6.07) is 14.7. The van der Waals surface area contributed by atoms with Gasteiger partial charge in [0.1, 0.15) is 0 Å². The predicted molar refractivity (Wildman–Crippen MR) is 123 cm³/mol. The van der Waals surface area contributed by atoms with Crippen LogP contribution in [-0.4, -0.2) is 51.9 Å². The van der Waals surface area contributed by atoms with Crippen LogP contribution in [0.5, 0.6) is 0 Å². The maximum Gasteiger partial charge on any atom is 0.252 e. The van der Waals surface area contributed by atoms with Crippen LogP contribution >= 0.6 is 15.9 Å². The lowest BCUT2D eigenvalue weighted by molar-refractivity contribution is 0.0952. The van der Waals surface area contributed by atoms with E-state index in [1.165, 1.54) is 10.4 Å². The molecule has 1 amide bonds. The summed E-state index contributed by atoms with van der Waals surface area (Å²) in [4.78, 5) is 15.0. The molecule has 0 spiro atoms. The van der Waals surface area contributed by atoms with Crippen molar-refractivity contribution in [3.8, 4) is 0 Å². The molecule has 1 saturated heterocycles. The number of nitrogens with zero attached hydrogens (tertiary/aromatic N) is 2. The fraction of sp³-hybridized carbons (Fsp3) is 0.409. The minimum atomic E-state index is -3.58. The van der Waals surface area contributed by atoms with Crippen molar-refractivity contribution in [2.75, 3.05) is 38.1 Å². The molecule has 1 aliphatic heterocycles. The van der Waals surface area contributed by atoms with Gasteiger partial charge in [0.25, 0.3) is 5.91 Å². The summed E-state index contributed by atoms with van der Waals surface area (Å²) in [6.45, 7) is 2.38. The summed E-state index contributed by atoms with van der Waals surface area (Å²) in [5.74, 6) is -0.278. The Morgan fingerprint density at radius 1 is 1.10 bits per heavy atom. The molecular weight excluding hydrogens is 466 g/mol. The van der Waals surface area contributed by atoms with Gasteiger partial charge >= 0.3 is 0 Å². The number of nitrogens with one attached hydrogen (secondary N) is 1. The number of anilines is 1. The van der Waals surface area contributed by atoms with Crippen molar-refractivity contribution in [1.82, 2.24) is 9.62 Å². The van der Waals surface area contributed by atoms with Gasteiger partial charge in [-0.3, -0.25) is 4.79 Å². The summed E-state index contributed by atoms with van der Waals surface area (Å²) in [5.41, 5.74) is 1.46. The van der Waals surface area contributed by atoms with Crippen LogP contribution in [0.15, 0.2) is 57.9 Å². The monoisotopic (exact) mass is 493 g/mol. The zero-order valence-electron chi connectivity index (χ0n) is 17.2. The van der Waals surface area contributed by atoms with Crippen LogP contribution < -0.4 is 10.2 Å². The highest BCUT2D eigenvalue weighted by molar-refractivity contribution is 9.10. The van der Waals surface area contributed by atoms with Crippen LogP contribution in [0.4, 0.5) is 5.69 Å². The molecule has 1 fully saturated rings. The maximum absolute atomic E-state index is 12.9. The molecule has 3 rings (SSSR count). The molecule has 1 N–H and O–H groups in total. The van der Waals surface area contributed by atoms with E-state index in [0.717, 1.165) is 37.9 Å². The number of hydrogen-bond donors (Lipinski definition) is 1. The quantitative estimate of drug-likeness (QED) is 0.566. The topological polar surface area (TPSA) is 69.7 Å². The van der Waals surface area contributed by atoms with Crippen molar-refractivity contribution in [2.45, 2.75) is 30.6 Å². The molecule has 0 aliphatic carbocycles. The highest BCUT2D eigenvalue weighted by Gasteiger charge is 2.27. The number of carbonyl (C=O) groups excluding carboxylic acids is 1. The number of hydrogen-bond acceptors (Lipinski definition) is 4. The Balaban J connectivity index is 1.59. The van der Waals surface area contributed by atoms with E-state index in [-0.39, 0.29) is 10.8 Å². The molecule has 0 atom stereocenters. The minimum Gasteiger partial charge on any atom is -0.375 e. The number of rotatable bonds is 8. The van der Waals surface area contributed by atoms with Crippen LogP contribution in [0.2, 0.25) is 0 Å². The van der Waals surface area contributed by atoms with Gasteiger partial charge in [-0.2, -0.15) is 4.31 Å². The third-order valence-electron chi connectivity index (χ3n) is 5.29. The molecule has 0 bridgehead atoms. The van der Waals surface area contributed by atoms with Crippen LogP contribution in [0.25, 0.3) is 0 Å². The van der Waals surface area contributed by atoms with E-state index in [2.05, 4.69) is 26.1 Å². The predicted octanol–water partition coefficient (Wildman–Crippen LogP) is 3.88. The number of sulfonamides is 1. The van der Waals surface area contributed by atoms with Crippen molar-refractivity contribution in [2.24, 2.45) is 0 Å². The highest BCUT2D eigenvalue weighted by Crippen LogP contribution is 2.25. The van der Waals surface area contributed by atoms with Gasteiger partial charge < -0.3 is 10.2 Å². The third-order valence-corrected chi connectivity index (χ3v) is 7.87. The fourth-order valence-electron chi connectivity index (χ4n) is 3.52. The summed E-state index contributed by atoms with van der Waals surface area (Å²) in [6.07, 6.45) is 3.58. The number of piperidine rings is 1. The lowest BCUT2D eigenvalue weighted by Gasteiger charge is -2.26. The standard InChI is InChI=1S/C22H28BrN3O3S/c1-25(18-9-4-2-5-10-18)14-8-13-24-22(27)20-17-19(11-12-21(20)23)30(28,29)26-15-6-3-7-16-26/h2,4-5,9-12,17H,3,6-8,13-16H2,1H3,(H,24,27). The number of benzene rings is 2. The molecule has 2 aromatic carbocycles.